The Hall–Kier alpha value is -1.40. The molecule has 106 valence electrons. The quantitative estimate of drug-likeness (QED) is 0.767. The molecule has 6 heteroatoms. The third-order valence-corrected chi connectivity index (χ3v) is 4.14. The molecule has 20 heavy (non-hydrogen) atoms. The number of hydrogen-bond donors (Lipinski definition) is 0. The minimum absolute atomic E-state index is 0.210. The highest BCUT2D eigenvalue weighted by atomic mass is 79.9. The zero-order chi connectivity index (χ0) is 14.5. The SMILES string of the molecule is CCOC(=O)Cc1csc(-c2ccc(OC)c(Br)c2)n1. The summed E-state index contributed by atoms with van der Waals surface area (Å²) in [5.74, 6) is 0.525. The Kier molecular flexibility index (Phi) is 5.14. The largest absolute Gasteiger partial charge is 0.496 e. The summed E-state index contributed by atoms with van der Waals surface area (Å²) in [5.41, 5.74) is 1.72. The number of ether oxygens (including phenoxy) is 2. The van der Waals surface area contributed by atoms with Gasteiger partial charge in [-0.3, -0.25) is 4.79 Å². The first-order valence-corrected chi connectivity index (χ1v) is 7.75. The molecular weight excluding hydrogens is 342 g/mol. The Bertz CT molecular complexity index is 612. The summed E-state index contributed by atoms with van der Waals surface area (Å²) in [6.45, 7) is 2.18. The van der Waals surface area contributed by atoms with Crippen LogP contribution in [0, 0.1) is 0 Å². The maximum Gasteiger partial charge on any atom is 0.311 e. The summed E-state index contributed by atoms with van der Waals surface area (Å²) >= 11 is 4.95. The monoisotopic (exact) mass is 355 g/mol. The Morgan fingerprint density at radius 2 is 2.25 bits per heavy atom. The first kappa shape index (κ1) is 15.0. The lowest BCUT2D eigenvalue weighted by Crippen LogP contribution is -2.07. The number of thiazole rings is 1. The van der Waals surface area contributed by atoms with Gasteiger partial charge >= 0.3 is 5.97 Å². The molecule has 2 rings (SSSR count). The third-order valence-electron chi connectivity index (χ3n) is 2.58. The molecule has 2 aromatic rings. The molecule has 0 fully saturated rings. The molecule has 0 radical (unpaired) electrons. The fourth-order valence-corrected chi connectivity index (χ4v) is 3.04. The van der Waals surface area contributed by atoms with Crippen LogP contribution in [0.2, 0.25) is 0 Å². The van der Waals surface area contributed by atoms with E-state index in [1.807, 2.05) is 23.6 Å². The van der Waals surface area contributed by atoms with E-state index in [1.165, 1.54) is 11.3 Å². The van der Waals surface area contributed by atoms with Crippen LogP contribution in [0.25, 0.3) is 10.6 Å². The van der Waals surface area contributed by atoms with E-state index in [9.17, 15) is 4.79 Å². The van der Waals surface area contributed by atoms with Gasteiger partial charge in [-0.1, -0.05) is 0 Å². The Balaban J connectivity index is 2.16. The number of benzene rings is 1. The molecule has 0 aliphatic heterocycles. The molecule has 0 aliphatic rings. The fraction of sp³-hybridized carbons (Fsp3) is 0.286. The van der Waals surface area contributed by atoms with Crippen molar-refractivity contribution in [3.63, 3.8) is 0 Å². The number of hydrogen-bond acceptors (Lipinski definition) is 5. The van der Waals surface area contributed by atoms with Crippen molar-refractivity contribution in [3.05, 3.63) is 33.7 Å². The summed E-state index contributed by atoms with van der Waals surface area (Å²) < 4.78 is 11.0. The average molecular weight is 356 g/mol. The van der Waals surface area contributed by atoms with Gasteiger partial charge in [-0.15, -0.1) is 11.3 Å². The summed E-state index contributed by atoms with van der Waals surface area (Å²) in [4.78, 5) is 15.9. The summed E-state index contributed by atoms with van der Waals surface area (Å²) in [7, 11) is 1.63. The number of halogens is 1. The van der Waals surface area contributed by atoms with E-state index in [1.54, 1.807) is 14.0 Å². The van der Waals surface area contributed by atoms with Crippen molar-refractivity contribution in [1.29, 1.82) is 0 Å². The van der Waals surface area contributed by atoms with E-state index in [-0.39, 0.29) is 12.4 Å². The smallest absolute Gasteiger partial charge is 0.311 e. The minimum Gasteiger partial charge on any atom is -0.496 e. The van der Waals surface area contributed by atoms with E-state index in [4.69, 9.17) is 9.47 Å². The van der Waals surface area contributed by atoms with Gasteiger partial charge in [-0.05, 0) is 41.1 Å². The van der Waals surface area contributed by atoms with Crippen molar-refractivity contribution in [1.82, 2.24) is 4.98 Å². The molecule has 1 aromatic heterocycles. The highest BCUT2D eigenvalue weighted by molar-refractivity contribution is 9.10. The van der Waals surface area contributed by atoms with Crippen LogP contribution in [0.3, 0.4) is 0 Å². The van der Waals surface area contributed by atoms with Crippen molar-refractivity contribution >= 4 is 33.2 Å². The van der Waals surface area contributed by atoms with Gasteiger partial charge in [0.05, 0.1) is 30.3 Å². The Morgan fingerprint density at radius 1 is 1.45 bits per heavy atom. The van der Waals surface area contributed by atoms with Crippen molar-refractivity contribution in [2.75, 3.05) is 13.7 Å². The van der Waals surface area contributed by atoms with Crippen LogP contribution >= 0.6 is 27.3 Å². The van der Waals surface area contributed by atoms with Crippen molar-refractivity contribution in [2.45, 2.75) is 13.3 Å². The molecule has 1 aromatic carbocycles. The van der Waals surface area contributed by atoms with Crippen LogP contribution < -0.4 is 4.74 Å². The number of esters is 1. The number of rotatable bonds is 5. The molecular formula is C14H14BrNO3S. The van der Waals surface area contributed by atoms with Gasteiger partial charge in [0.25, 0.3) is 0 Å². The standard InChI is InChI=1S/C14H14BrNO3S/c1-3-19-13(17)7-10-8-20-14(16-10)9-4-5-12(18-2)11(15)6-9/h4-6,8H,3,7H2,1-2H3. The van der Waals surface area contributed by atoms with E-state index < -0.39 is 0 Å². The van der Waals surface area contributed by atoms with Crippen LogP contribution in [-0.2, 0) is 16.0 Å². The minimum atomic E-state index is -0.250. The molecule has 0 N–H and O–H groups in total. The topological polar surface area (TPSA) is 48.4 Å². The molecule has 1 heterocycles. The summed E-state index contributed by atoms with van der Waals surface area (Å²) in [6, 6.07) is 5.77. The van der Waals surface area contributed by atoms with Crippen LogP contribution in [0.5, 0.6) is 5.75 Å². The van der Waals surface area contributed by atoms with Gasteiger partial charge in [-0.25, -0.2) is 4.98 Å². The fourth-order valence-electron chi connectivity index (χ4n) is 1.68. The Labute approximate surface area is 129 Å². The number of carbonyl (C=O) groups is 1. The lowest BCUT2D eigenvalue weighted by molar-refractivity contribution is -0.142. The van der Waals surface area contributed by atoms with E-state index in [0.717, 1.165) is 26.5 Å². The second-order valence-electron chi connectivity index (χ2n) is 3.98. The van der Waals surface area contributed by atoms with Crippen LogP contribution in [-0.4, -0.2) is 24.7 Å². The molecule has 0 saturated heterocycles. The highest BCUT2D eigenvalue weighted by Gasteiger charge is 2.11. The van der Waals surface area contributed by atoms with Crippen molar-refractivity contribution < 1.29 is 14.3 Å². The van der Waals surface area contributed by atoms with Gasteiger partial charge < -0.3 is 9.47 Å². The maximum absolute atomic E-state index is 11.4. The molecule has 0 bridgehead atoms. The van der Waals surface area contributed by atoms with Gasteiger partial charge in [0.2, 0.25) is 0 Å². The number of nitrogens with zero attached hydrogens (tertiary/aromatic N) is 1. The number of methoxy groups -OCH3 is 1. The first-order valence-electron chi connectivity index (χ1n) is 6.08. The molecule has 0 spiro atoms. The number of aromatic nitrogens is 1. The second-order valence-corrected chi connectivity index (χ2v) is 5.69. The zero-order valence-corrected chi connectivity index (χ0v) is 13.6. The van der Waals surface area contributed by atoms with Gasteiger partial charge in [0.1, 0.15) is 10.8 Å². The van der Waals surface area contributed by atoms with Gasteiger partial charge in [0, 0.05) is 10.9 Å². The molecule has 0 aliphatic carbocycles. The van der Waals surface area contributed by atoms with Crippen LogP contribution in [0.15, 0.2) is 28.1 Å². The summed E-state index contributed by atoms with van der Waals surface area (Å²) in [6.07, 6.45) is 0.210. The summed E-state index contributed by atoms with van der Waals surface area (Å²) in [5, 5.41) is 2.75. The van der Waals surface area contributed by atoms with Crippen LogP contribution in [0.1, 0.15) is 12.6 Å². The van der Waals surface area contributed by atoms with Crippen LogP contribution in [0.4, 0.5) is 0 Å². The van der Waals surface area contributed by atoms with Gasteiger partial charge in [0.15, 0.2) is 0 Å². The zero-order valence-electron chi connectivity index (χ0n) is 11.2. The average Bonchev–Trinajstić information content (AvgIpc) is 2.87. The maximum atomic E-state index is 11.4. The lowest BCUT2D eigenvalue weighted by Gasteiger charge is -2.04. The number of carbonyl (C=O) groups excluding carboxylic acids is 1. The molecule has 0 atom stereocenters. The third kappa shape index (κ3) is 3.58. The van der Waals surface area contributed by atoms with E-state index in [2.05, 4.69) is 20.9 Å². The van der Waals surface area contributed by atoms with Crippen molar-refractivity contribution in [3.8, 4) is 16.3 Å². The highest BCUT2D eigenvalue weighted by Crippen LogP contribution is 2.32. The predicted molar refractivity (Wildman–Crippen MR) is 82.1 cm³/mol. The van der Waals surface area contributed by atoms with Crippen molar-refractivity contribution in [2.24, 2.45) is 0 Å². The van der Waals surface area contributed by atoms with E-state index >= 15 is 0 Å². The normalized spacial score (nSPS) is 10.3. The second kappa shape index (κ2) is 6.85. The Morgan fingerprint density at radius 3 is 2.90 bits per heavy atom. The molecule has 0 amide bonds. The van der Waals surface area contributed by atoms with E-state index in [0.29, 0.717) is 6.61 Å². The molecule has 0 saturated carbocycles. The van der Waals surface area contributed by atoms with Gasteiger partial charge in [-0.2, -0.15) is 0 Å². The molecule has 0 unspecified atom stereocenters. The molecule has 4 nitrogen and oxygen atoms in total. The predicted octanol–water partition coefficient (Wildman–Crippen LogP) is 3.69. The lowest BCUT2D eigenvalue weighted by atomic mass is 10.2. The first-order chi connectivity index (χ1) is 9.63.